The van der Waals surface area contributed by atoms with Gasteiger partial charge in [-0.25, -0.2) is 13.2 Å². The number of amides is 1. The van der Waals surface area contributed by atoms with Gasteiger partial charge in [0.25, 0.3) is 0 Å². The third-order valence-corrected chi connectivity index (χ3v) is 10.9. The second kappa shape index (κ2) is 12.7. The smallest absolute Gasteiger partial charge is 0.409 e. The second-order valence-electron chi connectivity index (χ2n) is 12.6. The van der Waals surface area contributed by atoms with Crippen LogP contribution in [0.5, 0.6) is 5.75 Å². The molecule has 2 saturated heterocycles. The van der Waals surface area contributed by atoms with Crippen LogP contribution in [0.3, 0.4) is 0 Å². The lowest BCUT2D eigenvalue weighted by atomic mass is 9.82. The number of hydrogen-bond acceptors (Lipinski definition) is 6. The van der Waals surface area contributed by atoms with E-state index in [1.165, 1.54) is 5.56 Å². The number of fused-ring (bicyclic) bond motifs is 1. The van der Waals surface area contributed by atoms with Crippen LogP contribution in [-0.2, 0) is 32.5 Å². The molecule has 8 heteroatoms. The van der Waals surface area contributed by atoms with Gasteiger partial charge in [0.1, 0.15) is 11.4 Å². The Balaban J connectivity index is 1.01. The van der Waals surface area contributed by atoms with Crippen molar-refractivity contribution in [3.63, 3.8) is 0 Å². The number of likely N-dealkylation sites (tertiary alicyclic amines) is 2. The first kappa shape index (κ1) is 29.7. The molecule has 0 aromatic heterocycles. The lowest BCUT2D eigenvalue weighted by Gasteiger charge is -2.44. The minimum Gasteiger partial charge on any atom is -0.487 e. The molecule has 0 saturated carbocycles. The summed E-state index contributed by atoms with van der Waals surface area (Å²) in [7, 11) is -1.12. The number of rotatable bonds is 7. The van der Waals surface area contributed by atoms with Gasteiger partial charge in [-0.1, -0.05) is 60.7 Å². The SMILES string of the molecule is CN1CCC(COC(=O)N2CCC3(CCc4cc(-c5ccc(CS(=O)(=O)Cc6ccccc6)cc5)ccc4O3)CC2)CC1. The number of piperidine rings is 2. The normalized spacial score (nSPS) is 19.0. The Bertz CT molecular complexity index is 1510. The van der Waals surface area contributed by atoms with Gasteiger partial charge in [-0.05, 0) is 91.7 Å². The van der Waals surface area contributed by atoms with Gasteiger partial charge in [-0.15, -0.1) is 0 Å². The van der Waals surface area contributed by atoms with Crippen molar-refractivity contribution < 1.29 is 22.7 Å². The van der Waals surface area contributed by atoms with Crippen molar-refractivity contribution in [2.24, 2.45) is 5.92 Å². The highest BCUT2D eigenvalue weighted by Gasteiger charge is 2.41. The van der Waals surface area contributed by atoms with E-state index in [2.05, 4.69) is 30.1 Å². The van der Waals surface area contributed by atoms with E-state index in [9.17, 15) is 13.2 Å². The molecule has 3 heterocycles. The number of nitrogens with zero attached hydrogens (tertiary/aromatic N) is 2. The Hall–Kier alpha value is -3.36. The van der Waals surface area contributed by atoms with Gasteiger partial charge in [0, 0.05) is 25.9 Å². The Morgan fingerprint density at radius 3 is 2.21 bits per heavy atom. The number of benzene rings is 3. The summed E-state index contributed by atoms with van der Waals surface area (Å²) in [5, 5.41) is 0. The van der Waals surface area contributed by atoms with Crippen LogP contribution in [0, 0.1) is 5.92 Å². The molecule has 0 bridgehead atoms. The fourth-order valence-corrected chi connectivity index (χ4v) is 8.09. The third-order valence-electron chi connectivity index (χ3n) is 9.35. The van der Waals surface area contributed by atoms with Gasteiger partial charge < -0.3 is 19.3 Å². The molecular formula is C35H42N2O5S. The number of ether oxygens (including phenoxy) is 2. The monoisotopic (exact) mass is 602 g/mol. The molecule has 3 aliphatic heterocycles. The van der Waals surface area contributed by atoms with Crippen molar-refractivity contribution in [2.75, 3.05) is 39.8 Å². The van der Waals surface area contributed by atoms with E-state index in [0.29, 0.717) is 25.6 Å². The van der Waals surface area contributed by atoms with Gasteiger partial charge in [0.2, 0.25) is 0 Å². The van der Waals surface area contributed by atoms with Crippen molar-refractivity contribution in [1.29, 1.82) is 0 Å². The molecule has 0 unspecified atom stereocenters. The fourth-order valence-electron chi connectivity index (χ4n) is 6.59. The summed E-state index contributed by atoms with van der Waals surface area (Å²) >= 11 is 0. The molecule has 0 atom stereocenters. The van der Waals surface area contributed by atoms with E-state index in [4.69, 9.17) is 9.47 Å². The van der Waals surface area contributed by atoms with Crippen molar-refractivity contribution >= 4 is 15.9 Å². The molecule has 228 valence electrons. The molecule has 2 fully saturated rings. The molecule has 3 aromatic rings. The molecule has 0 radical (unpaired) electrons. The number of sulfone groups is 1. The van der Waals surface area contributed by atoms with Gasteiger partial charge in [0.15, 0.2) is 9.84 Å². The maximum absolute atomic E-state index is 12.7. The Labute approximate surface area is 255 Å². The second-order valence-corrected chi connectivity index (χ2v) is 14.7. The van der Waals surface area contributed by atoms with E-state index in [0.717, 1.165) is 79.6 Å². The highest BCUT2D eigenvalue weighted by Crippen LogP contribution is 2.41. The maximum Gasteiger partial charge on any atom is 0.409 e. The third kappa shape index (κ3) is 7.42. The van der Waals surface area contributed by atoms with E-state index in [-0.39, 0.29) is 23.2 Å². The van der Waals surface area contributed by atoms with Crippen molar-refractivity contribution in [1.82, 2.24) is 9.80 Å². The first-order valence-electron chi connectivity index (χ1n) is 15.5. The van der Waals surface area contributed by atoms with Gasteiger partial charge in [-0.2, -0.15) is 0 Å². The highest BCUT2D eigenvalue weighted by atomic mass is 32.2. The Morgan fingerprint density at radius 1 is 0.860 bits per heavy atom. The van der Waals surface area contributed by atoms with E-state index in [1.54, 1.807) is 0 Å². The summed E-state index contributed by atoms with van der Waals surface area (Å²) < 4.78 is 37.8. The van der Waals surface area contributed by atoms with Gasteiger partial charge >= 0.3 is 6.09 Å². The zero-order valence-electron chi connectivity index (χ0n) is 25.0. The fraction of sp³-hybridized carbons (Fsp3) is 0.457. The van der Waals surface area contributed by atoms with Gasteiger partial charge in [-0.3, -0.25) is 0 Å². The van der Waals surface area contributed by atoms with Crippen molar-refractivity contribution in [2.45, 2.75) is 55.6 Å². The molecule has 6 rings (SSSR count). The maximum atomic E-state index is 12.7. The first-order chi connectivity index (χ1) is 20.8. The van der Waals surface area contributed by atoms with Crippen molar-refractivity contribution in [3.05, 3.63) is 89.5 Å². The molecule has 43 heavy (non-hydrogen) atoms. The van der Waals surface area contributed by atoms with Crippen LogP contribution in [0.25, 0.3) is 11.1 Å². The zero-order chi connectivity index (χ0) is 29.9. The van der Waals surface area contributed by atoms with Crippen LogP contribution in [-0.4, -0.2) is 69.7 Å². The molecular weight excluding hydrogens is 560 g/mol. The molecule has 3 aromatic carbocycles. The molecule has 3 aliphatic rings. The lowest BCUT2D eigenvalue weighted by molar-refractivity contribution is -0.0164. The largest absolute Gasteiger partial charge is 0.487 e. The molecule has 7 nitrogen and oxygen atoms in total. The Morgan fingerprint density at radius 2 is 1.51 bits per heavy atom. The average Bonchev–Trinajstić information content (AvgIpc) is 3.01. The van der Waals surface area contributed by atoms with E-state index in [1.807, 2.05) is 59.5 Å². The minimum absolute atomic E-state index is 0.0236. The topological polar surface area (TPSA) is 76.2 Å². The molecule has 1 spiro atoms. The standard InChI is InChI=1S/C35H42N2O5S/c1-36-19-14-27(15-20-36)24-41-34(38)37-21-17-35(18-22-37)16-13-32-23-31(11-12-33(32)42-35)30-9-7-29(8-10-30)26-43(39,40)25-28-5-3-2-4-6-28/h2-12,23,27H,13-22,24-26H2,1H3. The van der Waals surface area contributed by atoms with Crippen molar-refractivity contribution in [3.8, 4) is 16.9 Å². The quantitative estimate of drug-likeness (QED) is 0.325. The number of hydrogen-bond donors (Lipinski definition) is 0. The predicted octanol–water partition coefficient (Wildman–Crippen LogP) is 6.11. The van der Waals surface area contributed by atoms with E-state index < -0.39 is 9.84 Å². The zero-order valence-corrected chi connectivity index (χ0v) is 25.9. The summed E-state index contributed by atoms with van der Waals surface area (Å²) in [6.07, 6.45) is 5.48. The van der Waals surface area contributed by atoms with Crippen LogP contribution in [0.1, 0.15) is 48.8 Å². The summed E-state index contributed by atoms with van der Waals surface area (Å²) in [6.45, 7) is 3.99. The number of carbonyl (C=O) groups excluding carboxylic acids is 1. The van der Waals surface area contributed by atoms with E-state index >= 15 is 0 Å². The average molecular weight is 603 g/mol. The summed E-state index contributed by atoms with van der Waals surface area (Å²) in [6, 6.07) is 23.5. The predicted molar refractivity (Wildman–Crippen MR) is 169 cm³/mol. The summed E-state index contributed by atoms with van der Waals surface area (Å²) in [5.41, 5.74) is 4.71. The lowest BCUT2D eigenvalue weighted by Crippen LogP contribution is -2.51. The Kier molecular flexibility index (Phi) is 8.78. The molecule has 0 N–H and O–H groups in total. The minimum atomic E-state index is -3.26. The molecule has 1 amide bonds. The first-order valence-corrected chi connectivity index (χ1v) is 17.3. The van der Waals surface area contributed by atoms with Crippen LogP contribution >= 0.6 is 0 Å². The van der Waals surface area contributed by atoms with Crippen LogP contribution in [0.15, 0.2) is 72.8 Å². The summed E-state index contributed by atoms with van der Waals surface area (Å²) in [4.78, 5) is 16.9. The molecule has 0 aliphatic carbocycles. The van der Waals surface area contributed by atoms with Crippen LogP contribution < -0.4 is 4.74 Å². The van der Waals surface area contributed by atoms with Crippen LogP contribution in [0.2, 0.25) is 0 Å². The van der Waals surface area contributed by atoms with Crippen LogP contribution in [0.4, 0.5) is 4.79 Å². The number of aryl methyl sites for hydroxylation is 1. The highest BCUT2D eigenvalue weighted by molar-refractivity contribution is 7.89. The summed E-state index contributed by atoms with van der Waals surface area (Å²) in [5.74, 6) is 1.47. The van der Waals surface area contributed by atoms with Gasteiger partial charge in [0.05, 0.1) is 18.1 Å². The number of carbonyl (C=O) groups is 1.